The van der Waals surface area contributed by atoms with Gasteiger partial charge in [0.2, 0.25) is 0 Å². The quantitative estimate of drug-likeness (QED) is 0.454. The summed E-state index contributed by atoms with van der Waals surface area (Å²) in [5.41, 5.74) is 0.879. The highest BCUT2D eigenvalue weighted by Crippen LogP contribution is 2.11. The Morgan fingerprint density at radius 1 is 1.29 bits per heavy atom. The summed E-state index contributed by atoms with van der Waals surface area (Å²) in [6, 6.07) is 9.48. The Bertz CT molecular complexity index is 495. The third-order valence-corrected chi connectivity index (χ3v) is 2.42. The summed E-state index contributed by atoms with van der Waals surface area (Å²) in [6.45, 7) is 0. The van der Waals surface area contributed by atoms with Gasteiger partial charge >= 0.3 is 6.03 Å². The first-order chi connectivity index (χ1) is 7.68. The third-order valence-electron chi connectivity index (χ3n) is 2.42. The predicted molar refractivity (Wildman–Crippen MR) is 61.2 cm³/mol. The molecule has 0 atom stereocenters. The zero-order valence-corrected chi connectivity index (χ0v) is 11.9. The van der Waals surface area contributed by atoms with Gasteiger partial charge in [-0.15, -0.1) is 0 Å². The van der Waals surface area contributed by atoms with Crippen LogP contribution in [0.15, 0.2) is 49.1 Å². The van der Waals surface area contributed by atoms with Gasteiger partial charge in [0.1, 0.15) is 12.4 Å². The largest absolute Gasteiger partial charge is 1.00 e. The fourth-order valence-corrected chi connectivity index (χ4v) is 1.50. The van der Waals surface area contributed by atoms with Crippen molar-refractivity contribution in [3.8, 4) is 0 Å². The van der Waals surface area contributed by atoms with E-state index in [1.54, 1.807) is 29.0 Å². The molecular formula is C12H14IN3O. The smallest absolute Gasteiger partial charge is 0.419 e. The minimum Gasteiger partial charge on any atom is -1.00 e. The van der Waals surface area contributed by atoms with Gasteiger partial charge in [-0.05, 0) is 12.1 Å². The number of rotatable bonds is 1. The fraction of sp³-hybridized carbons (Fsp3) is 0.167. The van der Waals surface area contributed by atoms with Crippen molar-refractivity contribution in [2.75, 3.05) is 11.9 Å². The van der Waals surface area contributed by atoms with Gasteiger partial charge in [-0.3, -0.25) is 4.90 Å². The number of hydrogen-bond acceptors (Lipinski definition) is 1. The highest BCUT2D eigenvalue weighted by atomic mass is 127. The highest BCUT2D eigenvalue weighted by molar-refractivity contribution is 5.92. The summed E-state index contributed by atoms with van der Waals surface area (Å²) in [7, 11) is 3.64. The van der Waals surface area contributed by atoms with Crippen LogP contribution in [0.5, 0.6) is 0 Å². The molecule has 0 aliphatic carbocycles. The number of aromatic nitrogens is 2. The van der Waals surface area contributed by atoms with Crippen molar-refractivity contribution in [1.82, 2.24) is 4.57 Å². The molecule has 0 saturated heterocycles. The Morgan fingerprint density at radius 3 is 2.47 bits per heavy atom. The SMILES string of the molecule is CN(C(=O)n1cc[n+](C)c1)c1ccccc1.[I-]. The van der Waals surface area contributed by atoms with Crippen LogP contribution in [0.25, 0.3) is 0 Å². The Kier molecular flexibility index (Phi) is 4.68. The van der Waals surface area contributed by atoms with Crippen molar-refractivity contribution in [3.05, 3.63) is 49.1 Å². The lowest BCUT2D eigenvalue weighted by Crippen LogP contribution is -3.00. The van der Waals surface area contributed by atoms with E-state index in [1.165, 1.54) is 0 Å². The van der Waals surface area contributed by atoms with Crippen LogP contribution in [0.1, 0.15) is 0 Å². The molecule has 0 saturated carbocycles. The second kappa shape index (κ2) is 5.81. The Labute approximate surface area is 117 Å². The first kappa shape index (κ1) is 13.7. The third kappa shape index (κ3) is 3.06. The van der Waals surface area contributed by atoms with Crippen molar-refractivity contribution in [2.24, 2.45) is 7.05 Å². The Balaban J connectivity index is 0.00000144. The standard InChI is InChI=1S/C12H14N3O.HI/c1-13-8-9-15(10-13)12(16)14(2)11-6-4-3-5-7-11;/h3-10H,1-2H3;1H/q+1;/p-1. The lowest BCUT2D eigenvalue weighted by molar-refractivity contribution is -0.670. The maximum atomic E-state index is 12.0. The van der Waals surface area contributed by atoms with E-state index in [4.69, 9.17) is 0 Å². The first-order valence-electron chi connectivity index (χ1n) is 5.05. The molecule has 5 heteroatoms. The summed E-state index contributed by atoms with van der Waals surface area (Å²) in [4.78, 5) is 13.6. The van der Waals surface area contributed by atoms with Gasteiger partial charge < -0.3 is 24.0 Å². The molecule has 1 aromatic carbocycles. The van der Waals surface area contributed by atoms with Gasteiger partial charge in [-0.25, -0.2) is 9.36 Å². The maximum Gasteiger partial charge on any atom is 0.419 e. The second-order valence-electron chi connectivity index (χ2n) is 3.66. The molecule has 0 bridgehead atoms. The molecule has 0 aliphatic heterocycles. The minimum absolute atomic E-state index is 0. The Hall–Kier alpha value is -1.37. The van der Waals surface area contributed by atoms with Crippen LogP contribution in [0.4, 0.5) is 10.5 Å². The zero-order chi connectivity index (χ0) is 11.5. The second-order valence-corrected chi connectivity index (χ2v) is 3.66. The van der Waals surface area contributed by atoms with Gasteiger partial charge in [0.15, 0.2) is 0 Å². The molecule has 90 valence electrons. The molecule has 0 unspecified atom stereocenters. The van der Waals surface area contributed by atoms with Gasteiger partial charge in [0.05, 0.1) is 7.05 Å². The van der Waals surface area contributed by atoms with Gasteiger partial charge in [-0.1, -0.05) is 18.2 Å². The first-order valence-corrected chi connectivity index (χ1v) is 5.05. The van der Waals surface area contributed by atoms with Gasteiger partial charge in [0, 0.05) is 12.7 Å². The van der Waals surface area contributed by atoms with E-state index in [2.05, 4.69) is 0 Å². The van der Waals surface area contributed by atoms with Crippen molar-refractivity contribution in [2.45, 2.75) is 0 Å². The number of amides is 1. The van der Waals surface area contributed by atoms with Gasteiger partial charge in [-0.2, -0.15) is 4.57 Å². The van der Waals surface area contributed by atoms with Crippen LogP contribution in [-0.4, -0.2) is 17.6 Å². The summed E-state index contributed by atoms with van der Waals surface area (Å²) in [5.74, 6) is 0. The fourth-order valence-electron chi connectivity index (χ4n) is 1.50. The molecule has 2 aromatic rings. The Morgan fingerprint density at radius 2 is 1.94 bits per heavy atom. The van der Waals surface area contributed by atoms with Crippen LogP contribution in [0.3, 0.4) is 0 Å². The molecule has 4 nitrogen and oxygen atoms in total. The lowest BCUT2D eigenvalue weighted by atomic mass is 10.3. The minimum atomic E-state index is -0.0770. The average Bonchev–Trinajstić information content (AvgIpc) is 2.75. The number of carbonyl (C=O) groups is 1. The summed E-state index contributed by atoms with van der Waals surface area (Å²) >= 11 is 0. The molecule has 0 aliphatic rings. The summed E-state index contributed by atoms with van der Waals surface area (Å²) in [6.07, 6.45) is 5.31. The van der Waals surface area contributed by atoms with E-state index in [-0.39, 0.29) is 30.0 Å². The zero-order valence-electron chi connectivity index (χ0n) is 9.75. The normalized spacial score (nSPS) is 9.53. The van der Waals surface area contributed by atoms with E-state index >= 15 is 0 Å². The van der Waals surface area contributed by atoms with E-state index in [1.807, 2.05) is 48.1 Å². The molecule has 1 amide bonds. The molecule has 0 spiro atoms. The van der Waals surface area contributed by atoms with E-state index < -0.39 is 0 Å². The van der Waals surface area contributed by atoms with E-state index in [0.717, 1.165) is 5.69 Å². The number of carbonyl (C=O) groups excluding carboxylic acids is 1. The highest BCUT2D eigenvalue weighted by Gasteiger charge is 2.17. The van der Waals surface area contributed by atoms with Crippen molar-refractivity contribution in [3.63, 3.8) is 0 Å². The number of hydrogen-bond donors (Lipinski definition) is 0. The number of anilines is 1. The average molecular weight is 343 g/mol. The molecule has 0 fully saturated rings. The van der Waals surface area contributed by atoms with E-state index in [0.29, 0.717) is 0 Å². The molecule has 1 heterocycles. The number of benzene rings is 1. The van der Waals surface area contributed by atoms with Crippen LogP contribution >= 0.6 is 0 Å². The van der Waals surface area contributed by atoms with Crippen LogP contribution in [0, 0.1) is 0 Å². The van der Waals surface area contributed by atoms with Crippen molar-refractivity contribution >= 4 is 11.7 Å². The van der Waals surface area contributed by atoms with E-state index in [9.17, 15) is 4.79 Å². The summed E-state index contributed by atoms with van der Waals surface area (Å²) < 4.78 is 3.38. The number of aryl methyl sites for hydroxylation is 1. The topological polar surface area (TPSA) is 29.1 Å². The molecule has 2 rings (SSSR count). The molecule has 0 N–H and O–H groups in total. The maximum absolute atomic E-state index is 12.0. The van der Waals surface area contributed by atoms with Crippen molar-refractivity contribution < 1.29 is 33.3 Å². The van der Waals surface area contributed by atoms with Crippen LogP contribution in [-0.2, 0) is 7.05 Å². The molecule has 0 radical (unpaired) electrons. The summed E-state index contributed by atoms with van der Waals surface area (Å²) in [5, 5.41) is 0. The number of nitrogens with zero attached hydrogens (tertiary/aromatic N) is 3. The number of para-hydroxylation sites is 1. The lowest BCUT2D eigenvalue weighted by Gasteiger charge is -2.13. The molecular weight excluding hydrogens is 329 g/mol. The molecule has 17 heavy (non-hydrogen) atoms. The number of halogens is 1. The van der Waals surface area contributed by atoms with Crippen LogP contribution in [0.2, 0.25) is 0 Å². The van der Waals surface area contributed by atoms with Crippen LogP contribution < -0.4 is 33.4 Å². The number of imidazole rings is 1. The van der Waals surface area contributed by atoms with Crippen molar-refractivity contribution in [1.29, 1.82) is 0 Å². The monoisotopic (exact) mass is 343 g/mol. The predicted octanol–water partition coefficient (Wildman–Crippen LogP) is -1.58. The molecule has 1 aromatic heterocycles. The van der Waals surface area contributed by atoms with Gasteiger partial charge in [0.25, 0.3) is 6.33 Å².